The van der Waals surface area contributed by atoms with Gasteiger partial charge in [-0.05, 0) is 24.3 Å². The van der Waals surface area contributed by atoms with Gasteiger partial charge < -0.3 is 5.11 Å². The van der Waals surface area contributed by atoms with Crippen molar-refractivity contribution in [2.75, 3.05) is 11.4 Å². The van der Waals surface area contributed by atoms with Crippen molar-refractivity contribution in [1.29, 1.82) is 0 Å². The molecule has 3 heteroatoms. The van der Waals surface area contributed by atoms with Crippen molar-refractivity contribution >= 4 is 22.6 Å². The standard InChI is InChI=1S/C15H17NO2/c1-3-11-9-10-12-7-5-6-8-13(12)14(11)16(4-2)15(17)18/h5-10H,3-4H2,1-2H3,(H,17,18). The molecule has 0 spiro atoms. The van der Waals surface area contributed by atoms with Crippen LogP contribution in [-0.4, -0.2) is 17.7 Å². The highest BCUT2D eigenvalue weighted by molar-refractivity contribution is 6.02. The number of fused-ring (bicyclic) bond motifs is 1. The minimum atomic E-state index is -0.899. The fourth-order valence-corrected chi connectivity index (χ4v) is 2.29. The first-order valence-corrected chi connectivity index (χ1v) is 6.20. The molecule has 0 radical (unpaired) electrons. The maximum absolute atomic E-state index is 11.4. The van der Waals surface area contributed by atoms with Gasteiger partial charge >= 0.3 is 6.09 Å². The molecule has 0 fully saturated rings. The molecule has 0 bridgehead atoms. The molecule has 2 aromatic carbocycles. The zero-order chi connectivity index (χ0) is 13.1. The van der Waals surface area contributed by atoms with Gasteiger partial charge in [0, 0.05) is 11.9 Å². The number of nitrogens with zero attached hydrogens (tertiary/aromatic N) is 1. The van der Waals surface area contributed by atoms with E-state index in [1.165, 1.54) is 4.90 Å². The molecule has 0 aromatic heterocycles. The van der Waals surface area contributed by atoms with Gasteiger partial charge in [0.15, 0.2) is 0 Å². The smallest absolute Gasteiger partial charge is 0.411 e. The third-order valence-corrected chi connectivity index (χ3v) is 3.18. The van der Waals surface area contributed by atoms with Crippen molar-refractivity contribution < 1.29 is 9.90 Å². The summed E-state index contributed by atoms with van der Waals surface area (Å²) >= 11 is 0. The Kier molecular flexibility index (Phi) is 3.51. The lowest BCUT2D eigenvalue weighted by Gasteiger charge is -2.22. The van der Waals surface area contributed by atoms with E-state index in [9.17, 15) is 9.90 Å². The fraction of sp³-hybridized carbons (Fsp3) is 0.267. The van der Waals surface area contributed by atoms with Crippen molar-refractivity contribution in [1.82, 2.24) is 0 Å². The van der Waals surface area contributed by atoms with Gasteiger partial charge in [-0.15, -0.1) is 0 Å². The molecule has 0 atom stereocenters. The fourth-order valence-electron chi connectivity index (χ4n) is 2.29. The van der Waals surface area contributed by atoms with Gasteiger partial charge in [-0.25, -0.2) is 4.79 Å². The van der Waals surface area contributed by atoms with Crippen molar-refractivity contribution in [2.45, 2.75) is 20.3 Å². The third-order valence-electron chi connectivity index (χ3n) is 3.18. The summed E-state index contributed by atoms with van der Waals surface area (Å²) in [4.78, 5) is 12.8. The molecule has 0 unspecified atom stereocenters. The summed E-state index contributed by atoms with van der Waals surface area (Å²) in [7, 11) is 0. The van der Waals surface area contributed by atoms with E-state index in [0.29, 0.717) is 6.54 Å². The Bertz CT molecular complexity index is 578. The van der Waals surface area contributed by atoms with Gasteiger partial charge in [0.2, 0.25) is 0 Å². The number of benzene rings is 2. The van der Waals surface area contributed by atoms with E-state index in [1.54, 1.807) is 0 Å². The summed E-state index contributed by atoms with van der Waals surface area (Å²) in [6.45, 7) is 4.36. The van der Waals surface area contributed by atoms with Gasteiger partial charge in [-0.3, -0.25) is 4.90 Å². The number of hydrogen-bond acceptors (Lipinski definition) is 1. The lowest BCUT2D eigenvalue weighted by Crippen LogP contribution is -2.29. The van der Waals surface area contributed by atoms with Gasteiger partial charge in [0.25, 0.3) is 0 Å². The second-order valence-corrected chi connectivity index (χ2v) is 4.17. The molecule has 94 valence electrons. The minimum absolute atomic E-state index is 0.455. The van der Waals surface area contributed by atoms with Crippen LogP contribution in [0.4, 0.5) is 10.5 Å². The van der Waals surface area contributed by atoms with Crippen LogP contribution in [0.25, 0.3) is 10.8 Å². The Morgan fingerprint density at radius 2 is 1.89 bits per heavy atom. The number of aryl methyl sites for hydroxylation is 1. The van der Waals surface area contributed by atoms with E-state index in [-0.39, 0.29) is 0 Å². The van der Waals surface area contributed by atoms with E-state index in [4.69, 9.17) is 0 Å². The molecular formula is C15H17NO2. The molecule has 3 nitrogen and oxygen atoms in total. The predicted octanol–water partition coefficient (Wildman–Crippen LogP) is 3.91. The molecule has 2 rings (SSSR count). The summed E-state index contributed by atoms with van der Waals surface area (Å²) in [6.07, 6.45) is -0.0761. The van der Waals surface area contributed by atoms with Gasteiger partial charge in [0.05, 0.1) is 5.69 Å². The van der Waals surface area contributed by atoms with E-state index >= 15 is 0 Å². The summed E-state index contributed by atoms with van der Waals surface area (Å²) in [6, 6.07) is 12.0. The molecule has 2 aromatic rings. The molecule has 0 saturated carbocycles. The van der Waals surface area contributed by atoms with Crippen LogP contribution in [0.2, 0.25) is 0 Å². The van der Waals surface area contributed by atoms with E-state index in [1.807, 2.05) is 50.2 Å². The normalized spacial score (nSPS) is 10.6. The van der Waals surface area contributed by atoms with Crippen molar-refractivity contribution in [3.63, 3.8) is 0 Å². The van der Waals surface area contributed by atoms with Gasteiger partial charge in [-0.2, -0.15) is 0 Å². The SMILES string of the molecule is CCc1ccc2ccccc2c1N(CC)C(=O)O. The first kappa shape index (κ1) is 12.4. The highest BCUT2D eigenvalue weighted by Crippen LogP contribution is 2.31. The number of hydrogen-bond donors (Lipinski definition) is 1. The number of anilines is 1. The van der Waals surface area contributed by atoms with Crippen molar-refractivity contribution in [2.24, 2.45) is 0 Å². The zero-order valence-corrected chi connectivity index (χ0v) is 10.7. The Balaban J connectivity index is 2.75. The summed E-state index contributed by atoms with van der Waals surface area (Å²) in [5, 5.41) is 11.4. The van der Waals surface area contributed by atoms with Crippen LogP contribution in [0.5, 0.6) is 0 Å². The maximum Gasteiger partial charge on any atom is 0.411 e. The van der Waals surface area contributed by atoms with Crippen LogP contribution >= 0.6 is 0 Å². The highest BCUT2D eigenvalue weighted by atomic mass is 16.4. The monoisotopic (exact) mass is 243 g/mol. The summed E-state index contributed by atoms with van der Waals surface area (Å²) in [5.41, 5.74) is 1.89. The minimum Gasteiger partial charge on any atom is -0.465 e. The van der Waals surface area contributed by atoms with Crippen LogP contribution < -0.4 is 4.90 Å². The summed E-state index contributed by atoms with van der Waals surface area (Å²) < 4.78 is 0. The molecule has 0 aliphatic heterocycles. The lowest BCUT2D eigenvalue weighted by molar-refractivity contribution is 0.202. The average Bonchev–Trinajstić information content (AvgIpc) is 2.39. The molecule has 18 heavy (non-hydrogen) atoms. The first-order valence-electron chi connectivity index (χ1n) is 6.20. The largest absolute Gasteiger partial charge is 0.465 e. The molecular weight excluding hydrogens is 226 g/mol. The third kappa shape index (κ3) is 2.04. The predicted molar refractivity (Wildman–Crippen MR) is 74.4 cm³/mol. The number of rotatable bonds is 3. The molecule has 0 heterocycles. The van der Waals surface area contributed by atoms with Gasteiger partial charge in [0.1, 0.15) is 0 Å². The van der Waals surface area contributed by atoms with Crippen molar-refractivity contribution in [3.05, 3.63) is 42.0 Å². The molecule has 1 amide bonds. The van der Waals surface area contributed by atoms with Crippen LogP contribution in [0.1, 0.15) is 19.4 Å². The van der Waals surface area contributed by atoms with Crippen molar-refractivity contribution in [3.8, 4) is 0 Å². The second-order valence-electron chi connectivity index (χ2n) is 4.17. The zero-order valence-electron chi connectivity index (χ0n) is 10.7. The first-order chi connectivity index (χ1) is 8.69. The van der Waals surface area contributed by atoms with Crippen LogP contribution in [-0.2, 0) is 6.42 Å². The number of carboxylic acid groups (broad SMARTS) is 1. The molecule has 1 N–H and O–H groups in total. The Morgan fingerprint density at radius 1 is 1.17 bits per heavy atom. The highest BCUT2D eigenvalue weighted by Gasteiger charge is 2.17. The van der Waals surface area contributed by atoms with E-state index in [2.05, 4.69) is 0 Å². The lowest BCUT2D eigenvalue weighted by atomic mass is 10.0. The number of amides is 1. The molecule has 0 saturated heterocycles. The Hall–Kier alpha value is -2.03. The van der Waals surface area contributed by atoms with Crippen LogP contribution in [0, 0.1) is 0 Å². The number of carbonyl (C=O) groups is 1. The Morgan fingerprint density at radius 3 is 2.50 bits per heavy atom. The molecule has 0 aliphatic rings. The molecule has 0 aliphatic carbocycles. The van der Waals surface area contributed by atoms with Crippen LogP contribution in [0.3, 0.4) is 0 Å². The topological polar surface area (TPSA) is 40.5 Å². The van der Waals surface area contributed by atoms with E-state index < -0.39 is 6.09 Å². The van der Waals surface area contributed by atoms with Crippen LogP contribution in [0.15, 0.2) is 36.4 Å². The summed E-state index contributed by atoms with van der Waals surface area (Å²) in [5.74, 6) is 0. The average molecular weight is 243 g/mol. The van der Waals surface area contributed by atoms with E-state index in [0.717, 1.165) is 28.4 Å². The Labute approximate surface area is 107 Å². The van der Waals surface area contributed by atoms with Gasteiger partial charge in [-0.1, -0.05) is 43.3 Å². The maximum atomic E-state index is 11.4. The quantitative estimate of drug-likeness (QED) is 0.888. The second kappa shape index (κ2) is 5.08.